The van der Waals surface area contributed by atoms with Gasteiger partial charge in [0.15, 0.2) is 6.98 Å². The van der Waals surface area contributed by atoms with E-state index in [-0.39, 0.29) is 37.9 Å². The summed E-state index contributed by atoms with van der Waals surface area (Å²) in [6, 6.07) is 21.0. The first-order valence-corrected chi connectivity index (χ1v) is 14.3. The van der Waals surface area contributed by atoms with Crippen LogP contribution < -0.4 is 9.31 Å². The Balaban J connectivity index is 0.00000464. The van der Waals surface area contributed by atoms with Crippen molar-refractivity contribution in [2.75, 3.05) is 6.98 Å². The number of aromatic nitrogens is 3. The number of rotatable bonds is 4. The maximum atomic E-state index is 8.71. The monoisotopic (exact) mass is 779 g/mol. The molecule has 1 aliphatic heterocycles. The van der Waals surface area contributed by atoms with Gasteiger partial charge in [0, 0.05) is 47.7 Å². The summed E-state index contributed by atoms with van der Waals surface area (Å²) in [5.74, 6) is 1.41. The van der Waals surface area contributed by atoms with E-state index in [1.165, 1.54) is 4.58 Å². The summed E-state index contributed by atoms with van der Waals surface area (Å²) in [6.45, 7) is 9.75. The Labute approximate surface area is 288 Å². The molecule has 7 heteroatoms. The third-order valence-corrected chi connectivity index (χ3v) is 7.74. The normalized spacial score (nSPS) is 15.5. The predicted octanol–water partition coefficient (Wildman–Crippen LogP) is 8.85. The van der Waals surface area contributed by atoms with Gasteiger partial charge in [-0.25, -0.2) is 4.98 Å². The molecular weight excluding hydrogens is 738 g/mol. The molecule has 0 atom stereocenters. The van der Waals surface area contributed by atoms with Crippen LogP contribution in [0.5, 0.6) is 11.5 Å². The Kier molecular flexibility index (Phi) is 5.74. The Hall–Kier alpha value is -4.37. The van der Waals surface area contributed by atoms with Gasteiger partial charge in [0.25, 0.3) is 11.4 Å². The van der Waals surface area contributed by atoms with Crippen LogP contribution in [-0.2, 0) is 31.9 Å². The molecule has 3 aromatic heterocycles. The van der Waals surface area contributed by atoms with Crippen molar-refractivity contribution in [3.8, 4) is 17.3 Å². The van der Waals surface area contributed by atoms with Gasteiger partial charge in [0.2, 0.25) is 0 Å². The van der Waals surface area contributed by atoms with Crippen molar-refractivity contribution in [1.29, 1.82) is 0 Å². The fourth-order valence-electron chi connectivity index (χ4n) is 5.32. The Morgan fingerprint density at radius 3 is 2.40 bits per heavy atom. The summed E-state index contributed by atoms with van der Waals surface area (Å²) >= 11 is 0. The molecule has 6 nitrogen and oxygen atoms in total. The first kappa shape index (κ1) is 23.0. The van der Waals surface area contributed by atoms with Crippen molar-refractivity contribution in [1.82, 2.24) is 19.1 Å². The van der Waals surface area contributed by atoms with Crippen molar-refractivity contribution in [2.24, 2.45) is 0 Å². The number of benzene rings is 3. The summed E-state index contributed by atoms with van der Waals surface area (Å²) in [6.07, 6.45) is 5.37. The number of para-hydroxylation sites is 2. The first-order valence-electron chi connectivity index (χ1n) is 17.8. The zero-order valence-electron chi connectivity index (χ0n) is 32.7. The summed E-state index contributed by atoms with van der Waals surface area (Å²) < 4.78 is 68.8. The van der Waals surface area contributed by atoms with Crippen LogP contribution in [0, 0.1) is 12.1 Å². The molecule has 0 aliphatic carbocycles. The average Bonchev–Trinajstić information content (AvgIpc) is 3.63. The van der Waals surface area contributed by atoms with Crippen LogP contribution in [0.15, 0.2) is 85.2 Å². The summed E-state index contributed by atoms with van der Waals surface area (Å²) in [5, 5.41) is 1.85. The summed E-state index contributed by atoms with van der Waals surface area (Å²) in [5.41, 5.74) is 3.15. The van der Waals surface area contributed by atoms with Crippen LogP contribution in [0.3, 0.4) is 0 Å². The average molecular weight is 780 g/mol. The van der Waals surface area contributed by atoms with Crippen molar-refractivity contribution < 1.29 is 40.0 Å². The molecule has 4 heterocycles. The zero-order valence-corrected chi connectivity index (χ0v) is 28.0. The van der Waals surface area contributed by atoms with Gasteiger partial charge in [-0.1, -0.05) is 80.4 Å². The quantitative estimate of drug-likeness (QED) is 0.133. The van der Waals surface area contributed by atoms with Gasteiger partial charge in [-0.05, 0) is 40.0 Å². The molecule has 45 heavy (non-hydrogen) atoms. The fourth-order valence-corrected chi connectivity index (χ4v) is 5.32. The number of hydrogen-bond donors (Lipinski definition) is 0. The van der Waals surface area contributed by atoms with E-state index in [0.29, 0.717) is 17.2 Å². The Morgan fingerprint density at radius 2 is 1.64 bits per heavy atom. The van der Waals surface area contributed by atoms with Gasteiger partial charge in [-0.15, -0.1) is 29.1 Å². The van der Waals surface area contributed by atoms with E-state index in [0.717, 1.165) is 43.3 Å². The molecular formula is C38H35N5OPt+2. The van der Waals surface area contributed by atoms with Crippen molar-refractivity contribution >= 4 is 44.9 Å². The molecule has 0 radical (unpaired) electrons. The number of pyridine rings is 2. The van der Waals surface area contributed by atoms with E-state index in [1.807, 2.05) is 68.1 Å². The standard InChI is InChI=1S/C38H35N5O.Pt/c1-37(2,3)25-14-17-40-36(20-25)43-32-15-16-39-23-31(32)30-13-12-28(22-35(30)43)44-29-19-26(38(4,5)6)18-27(21-29)42-24-41(7)33-10-8-9-11-34(33)42;/h8-20,23H,1-7H3;/q;+2/i7D3,8D,9D,10D,11D;. The van der Waals surface area contributed by atoms with Crippen LogP contribution >= 0.6 is 0 Å². The van der Waals surface area contributed by atoms with Crippen LogP contribution in [0.4, 0.5) is 17.1 Å². The van der Waals surface area contributed by atoms with Gasteiger partial charge in [0.05, 0.1) is 5.48 Å². The minimum atomic E-state index is -2.78. The van der Waals surface area contributed by atoms with Gasteiger partial charge < -0.3 is 9.30 Å². The van der Waals surface area contributed by atoms with E-state index in [2.05, 4.69) is 50.0 Å². The molecule has 0 fully saturated rings. The van der Waals surface area contributed by atoms with Gasteiger partial charge in [0.1, 0.15) is 15.6 Å². The molecule has 0 unspecified atom stereocenters. The molecule has 0 spiro atoms. The number of fused-ring (bicyclic) bond motifs is 4. The van der Waals surface area contributed by atoms with Crippen LogP contribution in [0.2, 0.25) is 0 Å². The topological polar surface area (TPSA) is 46.0 Å². The maximum Gasteiger partial charge on any atom is 2.00 e. The third kappa shape index (κ3) is 5.54. The molecule has 7 rings (SSSR count). The van der Waals surface area contributed by atoms with Crippen LogP contribution in [0.1, 0.15) is 62.3 Å². The Morgan fingerprint density at radius 1 is 0.867 bits per heavy atom. The van der Waals surface area contributed by atoms with E-state index >= 15 is 0 Å². The first-order chi connectivity index (χ1) is 23.8. The Bertz CT molecular complexity index is 2510. The molecule has 0 N–H and O–H groups in total. The molecule has 0 bridgehead atoms. The third-order valence-electron chi connectivity index (χ3n) is 7.74. The van der Waals surface area contributed by atoms with Crippen LogP contribution in [0.25, 0.3) is 27.6 Å². The maximum absolute atomic E-state index is 8.71. The van der Waals surface area contributed by atoms with Crippen molar-refractivity contribution in [3.63, 3.8) is 0 Å². The summed E-state index contributed by atoms with van der Waals surface area (Å²) in [4.78, 5) is 9.11. The number of hydrogen-bond acceptors (Lipinski definition) is 3. The van der Waals surface area contributed by atoms with Gasteiger partial charge >= 0.3 is 27.1 Å². The van der Waals surface area contributed by atoms with E-state index < -0.39 is 36.6 Å². The summed E-state index contributed by atoms with van der Waals surface area (Å²) in [7, 11) is 0. The van der Waals surface area contributed by atoms with Gasteiger partial charge in [-0.2, -0.15) is 6.07 Å². The molecule has 6 aromatic rings. The van der Waals surface area contributed by atoms with Crippen LogP contribution in [-0.4, -0.2) is 32.1 Å². The largest absolute Gasteiger partial charge is 2.00 e. The molecule has 3 aromatic carbocycles. The SMILES string of the molecule is [2H]c1c([2H])c([2H])c2c(c1[2H])[N+](c1[c-]c(Oc3[c-]c4c(cc3)c3cnccc3n4-c3cc(C(C)(C)C)ccn3)cc(C(C)(C)C)c1)=C=[N+]2C([2H])([2H])[2H].[Pt+2]. The fraction of sp³-hybridized carbons (Fsp3) is 0.237. The van der Waals surface area contributed by atoms with E-state index in [4.69, 9.17) is 19.3 Å². The minimum Gasteiger partial charge on any atom is -0.509 e. The molecule has 226 valence electrons. The molecule has 0 amide bonds. The molecule has 1 aliphatic rings. The second-order valence-corrected chi connectivity index (χ2v) is 12.9. The second-order valence-electron chi connectivity index (χ2n) is 12.9. The van der Waals surface area contributed by atoms with E-state index in [9.17, 15) is 0 Å². The minimum absolute atomic E-state index is 0. The van der Waals surface area contributed by atoms with Crippen molar-refractivity contribution in [3.05, 3.63) is 108 Å². The smallest absolute Gasteiger partial charge is 0.509 e. The number of ether oxygens (including phenoxy) is 1. The molecule has 0 saturated carbocycles. The van der Waals surface area contributed by atoms with Crippen molar-refractivity contribution in [2.45, 2.75) is 52.4 Å². The second kappa shape index (κ2) is 11.2. The molecule has 0 saturated heterocycles. The predicted molar refractivity (Wildman–Crippen MR) is 177 cm³/mol. The van der Waals surface area contributed by atoms with E-state index in [1.54, 1.807) is 12.3 Å². The number of nitrogens with zero attached hydrogens (tertiary/aromatic N) is 5. The van der Waals surface area contributed by atoms with Gasteiger partial charge in [-0.3, -0.25) is 4.98 Å². The zero-order chi connectivity index (χ0) is 36.8.